The van der Waals surface area contributed by atoms with E-state index in [9.17, 15) is 0 Å². The summed E-state index contributed by atoms with van der Waals surface area (Å²) in [5.74, 6) is 0.944. The fourth-order valence-electron chi connectivity index (χ4n) is 1.44. The lowest BCUT2D eigenvalue weighted by Gasteiger charge is -2.27. The molecule has 0 aliphatic heterocycles. The summed E-state index contributed by atoms with van der Waals surface area (Å²) < 4.78 is 5.85. The zero-order chi connectivity index (χ0) is 12.9. The number of nitrogens with one attached hydrogen (secondary N) is 1. The molecule has 0 aliphatic carbocycles. The minimum absolute atomic E-state index is 0.184. The Morgan fingerprint density at radius 2 is 1.82 bits per heavy atom. The summed E-state index contributed by atoms with van der Waals surface area (Å²) in [5, 5.41) is 3.52. The Morgan fingerprint density at radius 3 is 2.35 bits per heavy atom. The Labute approximate surface area is 105 Å². The molecule has 1 rings (SSSR count). The van der Waals surface area contributed by atoms with E-state index in [1.807, 2.05) is 12.1 Å². The summed E-state index contributed by atoms with van der Waals surface area (Å²) in [5.41, 5.74) is 1.44. The van der Waals surface area contributed by atoms with E-state index in [0.717, 1.165) is 18.7 Å². The number of hydrogen-bond donors (Lipinski definition) is 1. The standard InChI is InChI=1S/C15H25NO/c1-6-15(4,5)16-11-13(3)17-14-9-7-12(2)8-10-14/h7-10,13,16H,6,11H2,1-5H3. The second kappa shape index (κ2) is 6.06. The molecule has 0 aliphatic rings. The molecule has 0 radical (unpaired) electrons. The number of rotatable bonds is 6. The monoisotopic (exact) mass is 235 g/mol. The van der Waals surface area contributed by atoms with Gasteiger partial charge in [0.2, 0.25) is 0 Å². The number of ether oxygens (including phenoxy) is 1. The van der Waals surface area contributed by atoms with Gasteiger partial charge in [0.1, 0.15) is 11.9 Å². The third kappa shape index (κ3) is 5.22. The van der Waals surface area contributed by atoms with Crippen molar-refractivity contribution < 1.29 is 4.74 Å². The number of hydrogen-bond acceptors (Lipinski definition) is 2. The van der Waals surface area contributed by atoms with Crippen molar-refractivity contribution in [3.05, 3.63) is 29.8 Å². The van der Waals surface area contributed by atoms with E-state index < -0.39 is 0 Å². The van der Waals surface area contributed by atoms with Crippen LogP contribution in [0.3, 0.4) is 0 Å². The highest BCUT2D eigenvalue weighted by atomic mass is 16.5. The first-order valence-corrected chi connectivity index (χ1v) is 6.41. The minimum Gasteiger partial charge on any atom is -0.489 e. The van der Waals surface area contributed by atoms with Crippen LogP contribution >= 0.6 is 0 Å². The number of aryl methyl sites for hydroxylation is 1. The zero-order valence-electron chi connectivity index (χ0n) is 11.7. The summed E-state index contributed by atoms with van der Waals surface area (Å²) in [6.07, 6.45) is 1.30. The first-order chi connectivity index (χ1) is 7.93. The molecular formula is C15H25NO. The van der Waals surface area contributed by atoms with E-state index in [4.69, 9.17) is 4.74 Å². The second-order valence-corrected chi connectivity index (χ2v) is 5.36. The van der Waals surface area contributed by atoms with Gasteiger partial charge in [-0.25, -0.2) is 0 Å². The van der Waals surface area contributed by atoms with Gasteiger partial charge in [-0.1, -0.05) is 24.6 Å². The van der Waals surface area contributed by atoms with E-state index in [0.29, 0.717) is 0 Å². The predicted octanol–water partition coefficient (Wildman–Crippen LogP) is 3.54. The van der Waals surface area contributed by atoms with Gasteiger partial charge in [-0.2, -0.15) is 0 Å². The largest absolute Gasteiger partial charge is 0.489 e. The minimum atomic E-state index is 0.184. The van der Waals surface area contributed by atoms with Gasteiger partial charge in [0, 0.05) is 12.1 Å². The van der Waals surface area contributed by atoms with Crippen LogP contribution < -0.4 is 10.1 Å². The average molecular weight is 235 g/mol. The van der Waals surface area contributed by atoms with Crippen molar-refractivity contribution in [1.82, 2.24) is 5.32 Å². The molecule has 0 amide bonds. The Balaban J connectivity index is 2.39. The Bertz CT molecular complexity index is 329. The molecule has 0 spiro atoms. The smallest absolute Gasteiger partial charge is 0.119 e. The van der Waals surface area contributed by atoms with Crippen molar-refractivity contribution in [2.45, 2.75) is 52.7 Å². The third-order valence-electron chi connectivity index (χ3n) is 3.11. The first-order valence-electron chi connectivity index (χ1n) is 6.41. The Morgan fingerprint density at radius 1 is 1.24 bits per heavy atom. The maximum absolute atomic E-state index is 5.85. The lowest BCUT2D eigenvalue weighted by atomic mass is 10.0. The van der Waals surface area contributed by atoms with Crippen LogP contribution in [0.2, 0.25) is 0 Å². The molecule has 2 heteroatoms. The highest BCUT2D eigenvalue weighted by Crippen LogP contribution is 2.13. The molecule has 0 aromatic heterocycles. The lowest BCUT2D eigenvalue weighted by Crippen LogP contribution is -2.43. The van der Waals surface area contributed by atoms with E-state index in [1.54, 1.807) is 0 Å². The molecule has 1 aromatic rings. The van der Waals surface area contributed by atoms with Gasteiger partial charge in [-0.15, -0.1) is 0 Å². The summed E-state index contributed by atoms with van der Waals surface area (Å²) in [7, 11) is 0. The van der Waals surface area contributed by atoms with Crippen molar-refractivity contribution in [1.29, 1.82) is 0 Å². The maximum atomic E-state index is 5.85. The quantitative estimate of drug-likeness (QED) is 0.814. The lowest BCUT2D eigenvalue weighted by molar-refractivity contribution is 0.199. The summed E-state index contributed by atoms with van der Waals surface area (Å²) in [4.78, 5) is 0. The maximum Gasteiger partial charge on any atom is 0.119 e. The van der Waals surface area contributed by atoms with Gasteiger partial charge in [-0.05, 0) is 46.2 Å². The van der Waals surface area contributed by atoms with E-state index in [1.165, 1.54) is 5.56 Å². The van der Waals surface area contributed by atoms with Crippen molar-refractivity contribution >= 4 is 0 Å². The van der Waals surface area contributed by atoms with E-state index >= 15 is 0 Å². The number of benzene rings is 1. The van der Waals surface area contributed by atoms with Gasteiger partial charge in [0.15, 0.2) is 0 Å². The van der Waals surface area contributed by atoms with Crippen molar-refractivity contribution in [3.63, 3.8) is 0 Å². The third-order valence-corrected chi connectivity index (χ3v) is 3.11. The topological polar surface area (TPSA) is 21.3 Å². The van der Waals surface area contributed by atoms with Crippen LogP contribution in [0.4, 0.5) is 0 Å². The molecule has 0 saturated heterocycles. The fourth-order valence-corrected chi connectivity index (χ4v) is 1.44. The zero-order valence-corrected chi connectivity index (χ0v) is 11.7. The molecule has 1 N–H and O–H groups in total. The van der Waals surface area contributed by atoms with Crippen LogP contribution in [0.5, 0.6) is 5.75 Å². The molecule has 17 heavy (non-hydrogen) atoms. The summed E-state index contributed by atoms with van der Waals surface area (Å²) >= 11 is 0. The predicted molar refractivity (Wildman–Crippen MR) is 73.6 cm³/mol. The molecule has 2 nitrogen and oxygen atoms in total. The molecule has 96 valence electrons. The van der Waals surface area contributed by atoms with E-state index in [-0.39, 0.29) is 11.6 Å². The van der Waals surface area contributed by atoms with Crippen LogP contribution in [0.25, 0.3) is 0 Å². The van der Waals surface area contributed by atoms with Crippen LogP contribution in [0.1, 0.15) is 39.7 Å². The van der Waals surface area contributed by atoms with Gasteiger partial charge >= 0.3 is 0 Å². The van der Waals surface area contributed by atoms with Crippen LogP contribution in [0.15, 0.2) is 24.3 Å². The van der Waals surface area contributed by atoms with E-state index in [2.05, 4.69) is 52.1 Å². The molecule has 1 atom stereocenters. The molecular weight excluding hydrogens is 210 g/mol. The Hall–Kier alpha value is -1.02. The van der Waals surface area contributed by atoms with Crippen LogP contribution in [-0.4, -0.2) is 18.2 Å². The van der Waals surface area contributed by atoms with Crippen LogP contribution in [0, 0.1) is 6.92 Å². The molecule has 1 aromatic carbocycles. The van der Waals surface area contributed by atoms with Gasteiger partial charge < -0.3 is 10.1 Å². The highest BCUT2D eigenvalue weighted by Gasteiger charge is 2.15. The van der Waals surface area contributed by atoms with Crippen molar-refractivity contribution in [3.8, 4) is 5.75 Å². The molecule has 1 unspecified atom stereocenters. The Kier molecular flexibility index (Phi) is 5.01. The van der Waals surface area contributed by atoms with Gasteiger partial charge in [0.25, 0.3) is 0 Å². The SMILES string of the molecule is CCC(C)(C)NCC(C)Oc1ccc(C)cc1. The van der Waals surface area contributed by atoms with Crippen molar-refractivity contribution in [2.24, 2.45) is 0 Å². The first kappa shape index (κ1) is 14.0. The molecule has 0 fully saturated rings. The van der Waals surface area contributed by atoms with Crippen molar-refractivity contribution in [2.75, 3.05) is 6.54 Å². The summed E-state index contributed by atoms with van der Waals surface area (Å²) in [6.45, 7) is 11.7. The molecule has 0 heterocycles. The highest BCUT2D eigenvalue weighted by molar-refractivity contribution is 5.26. The normalized spacial score (nSPS) is 13.5. The summed E-state index contributed by atoms with van der Waals surface area (Å²) in [6, 6.07) is 8.20. The van der Waals surface area contributed by atoms with Gasteiger partial charge in [0.05, 0.1) is 0 Å². The second-order valence-electron chi connectivity index (χ2n) is 5.36. The molecule has 0 saturated carbocycles. The van der Waals surface area contributed by atoms with Crippen LogP contribution in [-0.2, 0) is 0 Å². The van der Waals surface area contributed by atoms with Gasteiger partial charge in [-0.3, -0.25) is 0 Å². The fraction of sp³-hybridized carbons (Fsp3) is 0.600. The average Bonchev–Trinajstić information content (AvgIpc) is 2.30. The molecule has 0 bridgehead atoms.